The Hall–Kier alpha value is -1.31. The number of hydrogen-bond donors (Lipinski definition) is 1. The Labute approximate surface area is 85.1 Å². The summed E-state index contributed by atoms with van der Waals surface area (Å²) in [6, 6.07) is 0. The molecule has 14 heavy (non-hydrogen) atoms. The molecule has 0 aromatic carbocycles. The van der Waals surface area contributed by atoms with Crippen molar-refractivity contribution in [1.82, 2.24) is 5.32 Å². The third-order valence-corrected chi connectivity index (χ3v) is 2.77. The van der Waals surface area contributed by atoms with Crippen molar-refractivity contribution in [3.05, 3.63) is 35.8 Å². The van der Waals surface area contributed by atoms with Gasteiger partial charge in [0.15, 0.2) is 0 Å². The largest absolute Gasteiger partial charge is 0.364 e. The Morgan fingerprint density at radius 1 is 1.43 bits per heavy atom. The third kappa shape index (κ3) is 1.52. The molecular weight excluding hydrogens is 172 g/mol. The van der Waals surface area contributed by atoms with E-state index >= 15 is 0 Å². The van der Waals surface area contributed by atoms with Gasteiger partial charge in [-0.2, -0.15) is 0 Å². The highest BCUT2D eigenvalue weighted by Crippen LogP contribution is 2.23. The van der Waals surface area contributed by atoms with Gasteiger partial charge in [-0.15, -0.1) is 0 Å². The first-order valence-electron chi connectivity index (χ1n) is 5.11. The summed E-state index contributed by atoms with van der Waals surface area (Å²) in [4.78, 5) is 4.50. The van der Waals surface area contributed by atoms with Crippen LogP contribution in [0.5, 0.6) is 0 Å². The lowest BCUT2D eigenvalue weighted by molar-refractivity contribution is 0.771. The second-order valence-corrected chi connectivity index (χ2v) is 4.14. The molecule has 0 radical (unpaired) electrons. The van der Waals surface area contributed by atoms with Crippen LogP contribution in [0.15, 0.2) is 40.8 Å². The molecule has 2 heterocycles. The maximum absolute atomic E-state index is 4.50. The molecule has 2 nitrogen and oxygen atoms in total. The van der Waals surface area contributed by atoms with Crippen LogP contribution in [0.25, 0.3) is 0 Å². The molecule has 1 N–H and O–H groups in total. The van der Waals surface area contributed by atoms with Crippen molar-refractivity contribution in [2.75, 3.05) is 0 Å². The van der Waals surface area contributed by atoms with Gasteiger partial charge in [0.25, 0.3) is 0 Å². The van der Waals surface area contributed by atoms with Gasteiger partial charge in [0.2, 0.25) is 0 Å². The molecule has 0 amide bonds. The lowest BCUT2D eigenvalue weighted by Gasteiger charge is -2.19. The average Bonchev–Trinajstić information content (AvgIpc) is 2.26. The number of allylic oxidation sites excluding steroid dienone is 4. The normalized spacial score (nSPS) is 24.9. The van der Waals surface area contributed by atoms with Crippen LogP contribution in [-0.2, 0) is 0 Å². The number of nitrogens with zero attached hydrogens (tertiary/aromatic N) is 1. The summed E-state index contributed by atoms with van der Waals surface area (Å²) < 4.78 is 0. The van der Waals surface area contributed by atoms with Gasteiger partial charge in [0, 0.05) is 24.0 Å². The molecule has 2 aliphatic heterocycles. The molecule has 0 saturated heterocycles. The highest BCUT2D eigenvalue weighted by molar-refractivity contribution is 6.00. The van der Waals surface area contributed by atoms with E-state index in [1.165, 1.54) is 11.3 Å². The molecule has 0 aliphatic carbocycles. The molecular formula is C12H16N2. The minimum absolute atomic E-state index is 0.396. The van der Waals surface area contributed by atoms with E-state index in [1.807, 2.05) is 18.5 Å². The van der Waals surface area contributed by atoms with Gasteiger partial charge in [-0.1, -0.05) is 20.8 Å². The van der Waals surface area contributed by atoms with Gasteiger partial charge in [-0.3, -0.25) is 4.99 Å². The van der Waals surface area contributed by atoms with Crippen molar-refractivity contribution in [2.45, 2.75) is 20.8 Å². The number of hydrogen-bond acceptors (Lipinski definition) is 2. The van der Waals surface area contributed by atoms with Crippen LogP contribution < -0.4 is 5.32 Å². The van der Waals surface area contributed by atoms with Crippen molar-refractivity contribution in [1.29, 1.82) is 0 Å². The SMILES string of the molecule is CC(C)C1=CN=C2C=CNC(=C1)C2C. The number of aliphatic imine (C=N–C) groups is 1. The van der Waals surface area contributed by atoms with E-state index in [1.54, 1.807) is 0 Å². The molecule has 2 aliphatic rings. The van der Waals surface area contributed by atoms with E-state index in [-0.39, 0.29) is 0 Å². The molecule has 0 spiro atoms. The second-order valence-electron chi connectivity index (χ2n) is 4.14. The molecule has 1 unspecified atom stereocenters. The Morgan fingerprint density at radius 2 is 2.21 bits per heavy atom. The van der Waals surface area contributed by atoms with Crippen LogP contribution in [-0.4, -0.2) is 5.71 Å². The fraction of sp³-hybridized carbons (Fsp3) is 0.417. The molecule has 0 aromatic rings. The third-order valence-electron chi connectivity index (χ3n) is 2.77. The summed E-state index contributed by atoms with van der Waals surface area (Å²) in [5.74, 6) is 0.924. The zero-order valence-electron chi connectivity index (χ0n) is 8.91. The zero-order chi connectivity index (χ0) is 10.1. The van der Waals surface area contributed by atoms with E-state index in [9.17, 15) is 0 Å². The fourth-order valence-corrected chi connectivity index (χ4v) is 1.66. The Bertz CT molecular complexity index is 357. The van der Waals surface area contributed by atoms with E-state index in [4.69, 9.17) is 0 Å². The first kappa shape index (κ1) is 9.25. The van der Waals surface area contributed by atoms with Crippen molar-refractivity contribution in [3.8, 4) is 0 Å². The monoisotopic (exact) mass is 188 g/mol. The van der Waals surface area contributed by atoms with Crippen molar-refractivity contribution in [2.24, 2.45) is 16.8 Å². The fourth-order valence-electron chi connectivity index (χ4n) is 1.66. The van der Waals surface area contributed by atoms with E-state index in [0.717, 1.165) is 5.71 Å². The van der Waals surface area contributed by atoms with Crippen molar-refractivity contribution in [3.63, 3.8) is 0 Å². The lowest BCUT2D eigenvalue weighted by Crippen LogP contribution is -2.24. The first-order chi connectivity index (χ1) is 6.68. The van der Waals surface area contributed by atoms with Crippen LogP contribution in [0.4, 0.5) is 0 Å². The van der Waals surface area contributed by atoms with Crippen LogP contribution in [0.2, 0.25) is 0 Å². The van der Waals surface area contributed by atoms with E-state index < -0.39 is 0 Å². The van der Waals surface area contributed by atoms with Crippen LogP contribution in [0.1, 0.15) is 20.8 Å². The number of rotatable bonds is 1. The lowest BCUT2D eigenvalue weighted by atomic mass is 9.96. The highest BCUT2D eigenvalue weighted by atomic mass is 14.9. The number of nitrogens with one attached hydrogen (secondary N) is 1. The summed E-state index contributed by atoms with van der Waals surface area (Å²) in [7, 11) is 0. The van der Waals surface area contributed by atoms with Crippen molar-refractivity contribution >= 4 is 5.71 Å². The van der Waals surface area contributed by atoms with Crippen molar-refractivity contribution < 1.29 is 0 Å². The second kappa shape index (κ2) is 3.45. The molecule has 2 rings (SSSR count). The predicted molar refractivity (Wildman–Crippen MR) is 59.9 cm³/mol. The molecule has 0 fully saturated rings. The van der Waals surface area contributed by atoms with Gasteiger partial charge in [0.1, 0.15) is 0 Å². The smallest absolute Gasteiger partial charge is 0.0505 e. The maximum Gasteiger partial charge on any atom is 0.0505 e. The Balaban J connectivity index is 2.44. The van der Waals surface area contributed by atoms with E-state index in [0.29, 0.717) is 11.8 Å². The quantitative estimate of drug-likeness (QED) is 0.672. The maximum atomic E-state index is 4.50. The van der Waals surface area contributed by atoms with Gasteiger partial charge < -0.3 is 5.32 Å². The minimum atomic E-state index is 0.396. The summed E-state index contributed by atoms with van der Waals surface area (Å²) >= 11 is 0. The minimum Gasteiger partial charge on any atom is -0.364 e. The summed E-state index contributed by atoms with van der Waals surface area (Å²) in [5, 5.41) is 3.28. The van der Waals surface area contributed by atoms with E-state index in [2.05, 4.69) is 37.2 Å². The van der Waals surface area contributed by atoms with Crippen LogP contribution in [0.3, 0.4) is 0 Å². The summed E-state index contributed by atoms with van der Waals surface area (Å²) in [6.45, 7) is 6.56. The standard InChI is InChI=1S/C12H16N2/c1-8(2)10-6-12-9(3)11(14-7-10)4-5-13-12/h4-9,13H,1-3H3. The summed E-state index contributed by atoms with van der Waals surface area (Å²) in [6.07, 6.45) is 8.21. The number of fused-ring (bicyclic) bond motifs is 2. The molecule has 0 aromatic heterocycles. The van der Waals surface area contributed by atoms with Crippen LogP contribution >= 0.6 is 0 Å². The molecule has 0 saturated carbocycles. The van der Waals surface area contributed by atoms with Gasteiger partial charge in [-0.25, -0.2) is 0 Å². The Morgan fingerprint density at radius 3 is 2.93 bits per heavy atom. The van der Waals surface area contributed by atoms with Gasteiger partial charge >= 0.3 is 0 Å². The van der Waals surface area contributed by atoms with Crippen LogP contribution in [0, 0.1) is 11.8 Å². The molecule has 2 bridgehead atoms. The summed E-state index contributed by atoms with van der Waals surface area (Å²) in [5.41, 5.74) is 3.69. The van der Waals surface area contributed by atoms with Gasteiger partial charge in [0.05, 0.1) is 5.71 Å². The molecule has 1 atom stereocenters. The van der Waals surface area contributed by atoms with Gasteiger partial charge in [-0.05, 0) is 23.6 Å². The first-order valence-corrected chi connectivity index (χ1v) is 5.11. The molecule has 74 valence electrons. The molecule has 2 heteroatoms. The average molecular weight is 188 g/mol. The highest BCUT2D eigenvalue weighted by Gasteiger charge is 2.19. The zero-order valence-corrected chi connectivity index (χ0v) is 8.91. The Kier molecular flexibility index (Phi) is 2.28. The topological polar surface area (TPSA) is 24.4 Å². The predicted octanol–water partition coefficient (Wildman–Crippen LogP) is 2.62.